The van der Waals surface area contributed by atoms with E-state index >= 15 is 0 Å². The Bertz CT molecular complexity index is 184. The molecule has 0 atom stereocenters. The second-order valence-corrected chi connectivity index (χ2v) is 4.66. The first-order chi connectivity index (χ1) is 6.36. The first kappa shape index (κ1) is 10.9. The Labute approximate surface area is 86.1 Å². The molecule has 0 bridgehead atoms. The molecule has 0 radical (unpaired) electrons. The van der Waals surface area contributed by atoms with Crippen molar-refractivity contribution in [3.8, 4) is 11.8 Å². The second-order valence-electron chi connectivity index (χ2n) is 3.52. The van der Waals surface area contributed by atoms with Crippen LogP contribution in [0.15, 0.2) is 0 Å². The van der Waals surface area contributed by atoms with Crippen molar-refractivity contribution in [2.45, 2.75) is 43.9 Å². The lowest BCUT2D eigenvalue weighted by Crippen LogP contribution is -2.34. The molecule has 1 aliphatic carbocycles. The van der Waals surface area contributed by atoms with Gasteiger partial charge in [0.15, 0.2) is 0 Å². The highest BCUT2D eigenvalue weighted by molar-refractivity contribution is 7.99. The summed E-state index contributed by atoms with van der Waals surface area (Å²) in [5.41, 5.74) is 0. The molecule has 2 heteroatoms. The van der Waals surface area contributed by atoms with Crippen LogP contribution in [-0.2, 0) is 0 Å². The number of hydrogen-bond acceptors (Lipinski definition) is 2. The molecule has 0 heterocycles. The van der Waals surface area contributed by atoms with E-state index < -0.39 is 0 Å². The normalized spacial score (nSPS) is 27.8. The zero-order valence-corrected chi connectivity index (χ0v) is 9.41. The number of rotatable bonds is 3. The molecule has 1 nitrogen and oxygen atoms in total. The summed E-state index contributed by atoms with van der Waals surface area (Å²) in [5, 5.41) is 4.40. The first-order valence-electron chi connectivity index (χ1n) is 5.02. The molecule has 0 amide bonds. The monoisotopic (exact) mass is 197 g/mol. The molecule has 0 spiro atoms. The highest BCUT2D eigenvalue weighted by Crippen LogP contribution is 2.26. The third-order valence-electron chi connectivity index (χ3n) is 2.66. The quantitative estimate of drug-likeness (QED) is 0.697. The van der Waals surface area contributed by atoms with Crippen LogP contribution in [0.4, 0.5) is 0 Å². The molecular formula is C11H19NS. The molecule has 74 valence electrons. The predicted octanol–water partition coefficient (Wildman–Crippen LogP) is 2.27. The van der Waals surface area contributed by atoms with Gasteiger partial charge in [0.1, 0.15) is 0 Å². The number of thioether (sulfide) groups is 1. The van der Waals surface area contributed by atoms with E-state index in [-0.39, 0.29) is 0 Å². The summed E-state index contributed by atoms with van der Waals surface area (Å²) in [6.45, 7) is 2.76. The van der Waals surface area contributed by atoms with E-state index in [1.165, 1.54) is 25.7 Å². The van der Waals surface area contributed by atoms with Crippen molar-refractivity contribution in [3.05, 3.63) is 0 Å². The molecule has 0 saturated heterocycles. The van der Waals surface area contributed by atoms with Crippen molar-refractivity contribution in [1.29, 1.82) is 0 Å². The number of hydrogen-bond donors (Lipinski definition) is 1. The van der Waals surface area contributed by atoms with Gasteiger partial charge in [0.25, 0.3) is 0 Å². The lowest BCUT2D eigenvalue weighted by molar-refractivity contribution is 0.393. The maximum atomic E-state index is 3.48. The maximum absolute atomic E-state index is 3.48. The van der Waals surface area contributed by atoms with Crippen LogP contribution in [0.5, 0.6) is 0 Å². The van der Waals surface area contributed by atoms with E-state index in [4.69, 9.17) is 0 Å². The van der Waals surface area contributed by atoms with Gasteiger partial charge in [-0.15, -0.1) is 5.92 Å². The van der Waals surface area contributed by atoms with Crippen LogP contribution in [0.1, 0.15) is 32.6 Å². The van der Waals surface area contributed by atoms with Crippen LogP contribution in [0.2, 0.25) is 0 Å². The summed E-state index contributed by atoms with van der Waals surface area (Å²) >= 11 is 2.02. The van der Waals surface area contributed by atoms with Crippen molar-refractivity contribution in [1.82, 2.24) is 5.32 Å². The van der Waals surface area contributed by atoms with Crippen LogP contribution in [0.25, 0.3) is 0 Å². The molecule has 1 saturated carbocycles. The summed E-state index contributed by atoms with van der Waals surface area (Å²) in [5.74, 6) is 5.97. The minimum Gasteiger partial charge on any atom is -0.303 e. The Morgan fingerprint density at radius 2 is 2.00 bits per heavy atom. The van der Waals surface area contributed by atoms with E-state index in [0.29, 0.717) is 0 Å². The van der Waals surface area contributed by atoms with Gasteiger partial charge in [-0.3, -0.25) is 0 Å². The summed E-state index contributed by atoms with van der Waals surface area (Å²) in [4.78, 5) is 0. The van der Waals surface area contributed by atoms with Gasteiger partial charge in [-0.2, -0.15) is 11.8 Å². The Kier molecular flexibility index (Phi) is 5.34. The largest absolute Gasteiger partial charge is 0.303 e. The van der Waals surface area contributed by atoms with Crippen molar-refractivity contribution in [2.24, 2.45) is 0 Å². The van der Waals surface area contributed by atoms with Gasteiger partial charge in [0.05, 0.1) is 6.54 Å². The number of nitrogens with one attached hydrogen (secondary N) is 1. The van der Waals surface area contributed by atoms with Gasteiger partial charge in [0.2, 0.25) is 0 Å². The Hall–Kier alpha value is -0.130. The zero-order valence-electron chi connectivity index (χ0n) is 8.60. The van der Waals surface area contributed by atoms with E-state index in [1.54, 1.807) is 0 Å². The summed E-state index contributed by atoms with van der Waals surface area (Å²) < 4.78 is 0. The summed E-state index contributed by atoms with van der Waals surface area (Å²) in [6.07, 6.45) is 7.63. The lowest BCUT2D eigenvalue weighted by atomic mass is 9.95. The molecular weight excluding hydrogens is 178 g/mol. The van der Waals surface area contributed by atoms with Gasteiger partial charge < -0.3 is 5.32 Å². The smallest absolute Gasteiger partial charge is 0.0578 e. The average molecular weight is 197 g/mol. The third-order valence-corrected chi connectivity index (χ3v) is 3.80. The van der Waals surface area contributed by atoms with Crippen LogP contribution in [0.3, 0.4) is 0 Å². The molecule has 1 rings (SSSR count). The molecule has 1 aliphatic rings. The minimum absolute atomic E-state index is 0.726. The van der Waals surface area contributed by atoms with Crippen molar-refractivity contribution in [3.63, 3.8) is 0 Å². The van der Waals surface area contributed by atoms with E-state index in [9.17, 15) is 0 Å². The summed E-state index contributed by atoms with van der Waals surface area (Å²) in [7, 11) is 0. The van der Waals surface area contributed by atoms with Crippen molar-refractivity contribution < 1.29 is 0 Å². The SMILES string of the molecule is CC#CCNC1CCC(SC)CC1. The molecule has 0 unspecified atom stereocenters. The first-order valence-corrected chi connectivity index (χ1v) is 6.31. The van der Waals surface area contributed by atoms with Crippen molar-refractivity contribution >= 4 is 11.8 Å². The fourth-order valence-electron chi connectivity index (χ4n) is 1.79. The fraction of sp³-hybridized carbons (Fsp3) is 0.818. The van der Waals surface area contributed by atoms with Crippen LogP contribution in [-0.4, -0.2) is 24.1 Å². The standard InChI is InChI=1S/C11H19NS/c1-3-4-9-12-10-5-7-11(13-2)8-6-10/h10-12H,5-9H2,1-2H3. The predicted molar refractivity (Wildman–Crippen MR) is 61.0 cm³/mol. The van der Waals surface area contributed by atoms with Crippen LogP contribution < -0.4 is 5.32 Å². The molecule has 13 heavy (non-hydrogen) atoms. The molecule has 0 aromatic carbocycles. The van der Waals surface area contributed by atoms with Gasteiger partial charge >= 0.3 is 0 Å². The molecule has 0 aliphatic heterocycles. The molecule has 0 aromatic heterocycles. The maximum Gasteiger partial charge on any atom is 0.0578 e. The Morgan fingerprint density at radius 1 is 1.31 bits per heavy atom. The van der Waals surface area contributed by atoms with Gasteiger partial charge in [-0.25, -0.2) is 0 Å². The summed E-state index contributed by atoms with van der Waals surface area (Å²) in [6, 6.07) is 0.726. The fourth-order valence-corrected chi connectivity index (χ4v) is 2.53. The topological polar surface area (TPSA) is 12.0 Å². The lowest BCUT2D eigenvalue weighted by Gasteiger charge is -2.27. The molecule has 1 fully saturated rings. The second kappa shape index (κ2) is 6.34. The van der Waals surface area contributed by atoms with E-state index in [0.717, 1.165) is 17.8 Å². The van der Waals surface area contributed by atoms with Gasteiger partial charge in [-0.05, 0) is 38.9 Å². The molecule has 1 N–H and O–H groups in total. The third kappa shape index (κ3) is 4.06. The van der Waals surface area contributed by atoms with Gasteiger partial charge in [-0.1, -0.05) is 5.92 Å². The van der Waals surface area contributed by atoms with E-state index in [2.05, 4.69) is 23.4 Å². The van der Waals surface area contributed by atoms with E-state index in [1.807, 2.05) is 18.7 Å². The van der Waals surface area contributed by atoms with Crippen LogP contribution in [0, 0.1) is 11.8 Å². The zero-order chi connectivity index (χ0) is 9.52. The highest BCUT2D eigenvalue weighted by Gasteiger charge is 2.19. The molecule has 0 aromatic rings. The minimum atomic E-state index is 0.726. The Balaban J connectivity index is 2.12. The average Bonchev–Trinajstić information content (AvgIpc) is 2.19. The Morgan fingerprint density at radius 3 is 2.54 bits per heavy atom. The highest BCUT2D eigenvalue weighted by atomic mass is 32.2. The van der Waals surface area contributed by atoms with Crippen LogP contribution >= 0.6 is 11.8 Å². The van der Waals surface area contributed by atoms with Gasteiger partial charge in [0, 0.05) is 11.3 Å². The van der Waals surface area contributed by atoms with Crippen molar-refractivity contribution in [2.75, 3.05) is 12.8 Å².